The van der Waals surface area contributed by atoms with Crippen molar-refractivity contribution >= 4 is 5.91 Å². The van der Waals surface area contributed by atoms with E-state index in [1.165, 1.54) is 7.11 Å². The van der Waals surface area contributed by atoms with Gasteiger partial charge in [-0.2, -0.15) is 0 Å². The van der Waals surface area contributed by atoms with E-state index in [-0.39, 0.29) is 5.91 Å². The molecule has 0 N–H and O–H groups in total. The molecule has 1 saturated heterocycles. The number of rotatable bonds is 6. The van der Waals surface area contributed by atoms with Gasteiger partial charge in [-0.05, 0) is 18.8 Å². The number of carbonyl (C=O) groups excluding carboxylic acids is 1. The van der Waals surface area contributed by atoms with Crippen molar-refractivity contribution in [2.45, 2.75) is 12.8 Å². The summed E-state index contributed by atoms with van der Waals surface area (Å²) in [4.78, 5) is 14.4. The molecular weight excluding hydrogens is 270 g/mol. The highest BCUT2D eigenvalue weighted by Crippen LogP contribution is 2.22. The number of hydrogen-bond acceptors (Lipinski definition) is 4. The first kappa shape index (κ1) is 15.6. The zero-order chi connectivity index (χ0) is 15.2. The number of aryl methyl sites for hydroxylation is 1. The van der Waals surface area contributed by atoms with Crippen LogP contribution in [0.15, 0.2) is 18.9 Å². The summed E-state index contributed by atoms with van der Waals surface area (Å²) < 4.78 is 12.2. The summed E-state index contributed by atoms with van der Waals surface area (Å²) in [5.74, 6) is 0.897. The molecule has 1 aliphatic rings. The Labute approximate surface area is 125 Å². The summed E-state index contributed by atoms with van der Waals surface area (Å²) in [6.07, 6.45) is 5.39. The van der Waals surface area contributed by atoms with E-state index in [0.29, 0.717) is 24.0 Å². The normalized spacial score (nSPS) is 16.0. The van der Waals surface area contributed by atoms with Crippen LogP contribution >= 0.6 is 0 Å². The highest BCUT2D eigenvalue weighted by atomic mass is 16.5. The van der Waals surface area contributed by atoms with Crippen LogP contribution in [-0.4, -0.2) is 54.0 Å². The van der Waals surface area contributed by atoms with Crippen LogP contribution in [0, 0.1) is 5.92 Å². The maximum absolute atomic E-state index is 12.5. The molecule has 0 aliphatic carbocycles. The zero-order valence-electron chi connectivity index (χ0n) is 12.7. The van der Waals surface area contributed by atoms with Crippen LogP contribution in [0.1, 0.15) is 23.2 Å². The van der Waals surface area contributed by atoms with Gasteiger partial charge in [-0.3, -0.25) is 9.48 Å². The molecule has 1 fully saturated rings. The van der Waals surface area contributed by atoms with Crippen molar-refractivity contribution in [3.05, 3.63) is 24.4 Å². The SMILES string of the molecule is C=CCOCC1CCN(C(=O)c2cn(C)nc2OC)CC1. The Morgan fingerprint density at radius 1 is 1.52 bits per heavy atom. The van der Waals surface area contributed by atoms with Crippen molar-refractivity contribution in [3.8, 4) is 5.88 Å². The van der Waals surface area contributed by atoms with E-state index in [0.717, 1.165) is 32.5 Å². The van der Waals surface area contributed by atoms with Crippen molar-refractivity contribution in [2.75, 3.05) is 33.4 Å². The first-order chi connectivity index (χ1) is 10.2. The number of aromatic nitrogens is 2. The molecule has 2 heterocycles. The molecule has 0 radical (unpaired) electrons. The van der Waals surface area contributed by atoms with E-state index >= 15 is 0 Å². The number of amides is 1. The molecule has 6 heteroatoms. The minimum atomic E-state index is -0.00888. The highest BCUT2D eigenvalue weighted by molar-refractivity contribution is 5.96. The summed E-state index contributed by atoms with van der Waals surface area (Å²) in [6.45, 7) is 6.46. The van der Waals surface area contributed by atoms with Gasteiger partial charge < -0.3 is 14.4 Å². The summed E-state index contributed by atoms with van der Waals surface area (Å²) >= 11 is 0. The minimum absolute atomic E-state index is 0.00888. The molecule has 0 spiro atoms. The van der Waals surface area contributed by atoms with E-state index in [4.69, 9.17) is 9.47 Å². The average Bonchev–Trinajstić information content (AvgIpc) is 2.88. The fourth-order valence-corrected chi connectivity index (χ4v) is 2.56. The maximum Gasteiger partial charge on any atom is 0.260 e. The molecule has 6 nitrogen and oxygen atoms in total. The van der Waals surface area contributed by atoms with Gasteiger partial charge in [0.05, 0.1) is 13.7 Å². The maximum atomic E-state index is 12.5. The van der Waals surface area contributed by atoms with Crippen molar-refractivity contribution in [3.63, 3.8) is 0 Å². The smallest absolute Gasteiger partial charge is 0.260 e. The lowest BCUT2D eigenvalue weighted by Crippen LogP contribution is -2.39. The Kier molecular flexibility index (Phi) is 5.38. The predicted molar refractivity (Wildman–Crippen MR) is 79.4 cm³/mol. The van der Waals surface area contributed by atoms with Gasteiger partial charge in [0.1, 0.15) is 5.56 Å². The fourth-order valence-electron chi connectivity index (χ4n) is 2.56. The molecule has 1 aromatic heterocycles. The largest absolute Gasteiger partial charge is 0.479 e. The van der Waals surface area contributed by atoms with Crippen molar-refractivity contribution in [1.82, 2.24) is 14.7 Å². The first-order valence-corrected chi connectivity index (χ1v) is 7.21. The van der Waals surface area contributed by atoms with Crippen LogP contribution in [-0.2, 0) is 11.8 Å². The number of nitrogens with zero attached hydrogens (tertiary/aromatic N) is 3. The quantitative estimate of drug-likeness (QED) is 0.589. The molecule has 0 bridgehead atoms. The number of methoxy groups -OCH3 is 1. The number of carbonyl (C=O) groups is 1. The summed E-state index contributed by atoms with van der Waals surface area (Å²) in [5, 5.41) is 4.13. The second-order valence-corrected chi connectivity index (χ2v) is 5.29. The fraction of sp³-hybridized carbons (Fsp3) is 0.600. The van der Waals surface area contributed by atoms with Gasteiger partial charge >= 0.3 is 0 Å². The molecule has 116 valence electrons. The lowest BCUT2D eigenvalue weighted by molar-refractivity contribution is 0.0573. The van der Waals surface area contributed by atoms with Gasteiger partial charge in [0.2, 0.25) is 5.88 Å². The first-order valence-electron chi connectivity index (χ1n) is 7.21. The van der Waals surface area contributed by atoms with Gasteiger partial charge in [-0.15, -0.1) is 11.7 Å². The molecule has 1 aliphatic heterocycles. The molecule has 1 aromatic rings. The standard InChI is InChI=1S/C15H23N3O3/c1-4-9-21-11-12-5-7-18(8-6-12)15(19)13-10-17(2)16-14(13)20-3/h4,10,12H,1,5-9,11H2,2-3H3. The van der Waals surface area contributed by atoms with Crippen LogP contribution in [0.2, 0.25) is 0 Å². The third kappa shape index (κ3) is 3.85. The molecular formula is C15H23N3O3. The van der Waals surface area contributed by atoms with E-state index < -0.39 is 0 Å². The number of hydrogen-bond donors (Lipinski definition) is 0. The number of likely N-dealkylation sites (tertiary alicyclic amines) is 1. The van der Waals surface area contributed by atoms with Crippen LogP contribution in [0.4, 0.5) is 0 Å². The van der Waals surface area contributed by atoms with Crippen molar-refractivity contribution in [1.29, 1.82) is 0 Å². The lowest BCUT2D eigenvalue weighted by atomic mass is 9.97. The van der Waals surface area contributed by atoms with Gasteiger partial charge in [0.15, 0.2) is 0 Å². The summed E-state index contributed by atoms with van der Waals surface area (Å²) in [7, 11) is 3.31. The van der Waals surface area contributed by atoms with Crippen molar-refractivity contribution in [2.24, 2.45) is 13.0 Å². The minimum Gasteiger partial charge on any atom is -0.479 e. The molecule has 0 saturated carbocycles. The van der Waals surface area contributed by atoms with Crippen molar-refractivity contribution < 1.29 is 14.3 Å². The van der Waals surface area contributed by atoms with Gasteiger partial charge in [0.25, 0.3) is 5.91 Å². The van der Waals surface area contributed by atoms with E-state index in [2.05, 4.69) is 11.7 Å². The lowest BCUT2D eigenvalue weighted by Gasteiger charge is -2.31. The van der Waals surface area contributed by atoms with Gasteiger partial charge in [0, 0.05) is 32.9 Å². The molecule has 0 unspecified atom stereocenters. The Morgan fingerprint density at radius 2 is 2.24 bits per heavy atom. The predicted octanol–water partition coefficient (Wildman–Crippen LogP) is 1.48. The molecule has 2 rings (SSSR count). The topological polar surface area (TPSA) is 56.6 Å². The summed E-state index contributed by atoms with van der Waals surface area (Å²) in [6, 6.07) is 0. The molecule has 0 atom stereocenters. The number of piperidine rings is 1. The Hall–Kier alpha value is -1.82. The van der Waals surface area contributed by atoms with Crippen LogP contribution in [0.3, 0.4) is 0 Å². The Bertz CT molecular complexity index is 490. The third-order valence-corrected chi connectivity index (χ3v) is 3.71. The third-order valence-electron chi connectivity index (χ3n) is 3.71. The van der Waals surface area contributed by atoms with E-state index in [1.807, 2.05) is 4.90 Å². The zero-order valence-corrected chi connectivity index (χ0v) is 12.7. The van der Waals surface area contributed by atoms with Crippen LogP contribution in [0.5, 0.6) is 5.88 Å². The monoisotopic (exact) mass is 293 g/mol. The van der Waals surface area contributed by atoms with Crippen LogP contribution < -0.4 is 4.74 Å². The van der Waals surface area contributed by atoms with Gasteiger partial charge in [-0.25, -0.2) is 0 Å². The van der Waals surface area contributed by atoms with Crippen LogP contribution in [0.25, 0.3) is 0 Å². The Morgan fingerprint density at radius 3 is 2.86 bits per heavy atom. The second-order valence-electron chi connectivity index (χ2n) is 5.29. The molecule has 1 amide bonds. The average molecular weight is 293 g/mol. The Balaban J connectivity index is 1.89. The molecule has 0 aromatic carbocycles. The number of ether oxygens (including phenoxy) is 2. The van der Waals surface area contributed by atoms with E-state index in [9.17, 15) is 4.79 Å². The van der Waals surface area contributed by atoms with E-state index in [1.54, 1.807) is 24.0 Å². The van der Waals surface area contributed by atoms with Gasteiger partial charge in [-0.1, -0.05) is 6.08 Å². The highest BCUT2D eigenvalue weighted by Gasteiger charge is 2.26. The molecule has 21 heavy (non-hydrogen) atoms. The second kappa shape index (κ2) is 7.26. The summed E-state index contributed by atoms with van der Waals surface area (Å²) in [5.41, 5.74) is 0.529.